The first-order chi connectivity index (χ1) is 7.43. The molecule has 6 heteroatoms. The molecule has 1 aliphatic rings. The van der Waals surface area contributed by atoms with Crippen LogP contribution in [0.2, 0.25) is 0 Å². The predicted octanol–water partition coefficient (Wildman–Crippen LogP) is -0.572. The second-order valence-electron chi connectivity index (χ2n) is 4.24. The van der Waals surface area contributed by atoms with Crippen LogP contribution in [0.5, 0.6) is 0 Å². The SMILES string of the molecule is N[C@@H](CCCCCC(O)(O)[C@@H]1CO1)C(=O)O. The minimum absolute atomic E-state index is 0.250. The number of epoxide rings is 1. The molecule has 94 valence electrons. The molecular weight excluding hydrogens is 214 g/mol. The lowest BCUT2D eigenvalue weighted by Crippen LogP contribution is -2.34. The fourth-order valence-electron chi connectivity index (χ4n) is 1.53. The van der Waals surface area contributed by atoms with Gasteiger partial charge in [0.05, 0.1) is 6.61 Å². The maximum Gasteiger partial charge on any atom is 0.320 e. The van der Waals surface area contributed by atoms with Gasteiger partial charge in [-0.15, -0.1) is 0 Å². The molecule has 0 saturated carbocycles. The summed E-state index contributed by atoms with van der Waals surface area (Å²) >= 11 is 0. The Morgan fingerprint density at radius 3 is 2.56 bits per heavy atom. The van der Waals surface area contributed by atoms with Crippen LogP contribution in [-0.2, 0) is 9.53 Å². The number of rotatable bonds is 8. The molecule has 0 aromatic rings. The van der Waals surface area contributed by atoms with Gasteiger partial charge in [-0.1, -0.05) is 12.8 Å². The van der Waals surface area contributed by atoms with E-state index >= 15 is 0 Å². The second-order valence-corrected chi connectivity index (χ2v) is 4.24. The first-order valence-corrected chi connectivity index (χ1v) is 5.48. The highest BCUT2D eigenvalue weighted by molar-refractivity contribution is 5.72. The van der Waals surface area contributed by atoms with Gasteiger partial charge < -0.3 is 25.8 Å². The summed E-state index contributed by atoms with van der Waals surface area (Å²) in [4.78, 5) is 10.4. The maximum atomic E-state index is 10.4. The normalized spacial score (nSPS) is 21.8. The topological polar surface area (TPSA) is 116 Å². The third-order valence-corrected chi connectivity index (χ3v) is 2.73. The molecule has 0 unspecified atom stereocenters. The molecule has 6 nitrogen and oxygen atoms in total. The average Bonchev–Trinajstić information content (AvgIpc) is 2.99. The van der Waals surface area contributed by atoms with E-state index in [1.165, 1.54) is 0 Å². The lowest BCUT2D eigenvalue weighted by Gasteiger charge is -2.18. The second kappa shape index (κ2) is 5.58. The Morgan fingerprint density at radius 2 is 2.06 bits per heavy atom. The van der Waals surface area contributed by atoms with Crippen molar-refractivity contribution in [3.05, 3.63) is 0 Å². The molecule has 0 aromatic heterocycles. The molecule has 1 aliphatic heterocycles. The molecule has 0 spiro atoms. The number of aliphatic carboxylic acids is 1. The number of carbonyl (C=O) groups is 1. The van der Waals surface area contributed by atoms with Gasteiger partial charge in [-0.3, -0.25) is 4.79 Å². The van der Waals surface area contributed by atoms with E-state index in [-0.39, 0.29) is 6.42 Å². The minimum Gasteiger partial charge on any atom is -0.480 e. The van der Waals surface area contributed by atoms with Crippen LogP contribution in [0.1, 0.15) is 32.1 Å². The highest BCUT2D eigenvalue weighted by atomic mass is 16.6. The van der Waals surface area contributed by atoms with E-state index < -0.39 is 23.9 Å². The zero-order chi connectivity index (χ0) is 12.2. The summed E-state index contributed by atoms with van der Waals surface area (Å²) in [5.74, 6) is -2.72. The number of nitrogens with two attached hydrogens (primary N) is 1. The molecule has 0 aliphatic carbocycles. The van der Waals surface area contributed by atoms with Crippen LogP contribution in [-0.4, -0.2) is 45.8 Å². The van der Waals surface area contributed by atoms with Crippen molar-refractivity contribution in [3.8, 4) is 0 Å². The predicted molar refractivity (Wildman–Crippen MR) is 55.6 cm³/mol. The van der Waals surface area contributed by atoms with Crippen molar-refractivity contribution in [3.63, 3.8) is 0 Å². The highest BCUT2D eigenvalue weighted by Gasteiger charge is 2.43. The van der Waals surface area contributed by atoms with Crippen molar-refractivity contribution in [2.45, 2.75) is 50.0 Å². The van der Waals surface area contributed by atoms with Crippen LogP contribution in [0.15, 0.2) is 0 Å². The molecule has 1 saturated heterocycles. The molecular formula is C10H19NO5. The lowest BCUT2D eigenvalue weighted by molar-refractivity contribution is -0.180. The van der Waals surface area contributed by atoms with Crippen molar-refractivity contribution in [1.82, 2.24) is 0 Å². The summed E-state index contributed by atoms with van der Waals surface area (Å²) in [6, 6.07) is -0.820. The average molecular weight is 233 g/mol. The van der Waals surface area contributed by atoms with Crippen molar-refractivity contribution in [1.29, 1.82) is 0 Å². The third kappa shape index (κ3) is 4.44. The quantitative estimate of drug-likeness (QED) is 0.253. The molecule has 0 radical (unpaired) electrons. The van der Waals surface area contributed by atoms with E-state index in [0.717, 1.165) is 6.42 Å². The Balaban J connectivity index is 2.01. The van der Waals surface area contributed by atoms with E-state index in [9.17, 15) is 15.0 Å². The number of hydrogen-bond donors (Lipinski definition) is 4. The Hall–Kier alpha value is -0.690. The molecule has 5 N–H and O–H groups in total. The first-order valence-electron chi connectivity index (χ1n) is 5.48. The molecule has 0 amide bonds. The van der Waals surface area contributed by atoms with E-state index in [1.54, 1.807) is 0 Å². The van der Waals surface area contributed by atoms with Gasteiger partial charge in [0.1, 0.15) is 12.1 Å². The summed E-state index contributed by atoms with van der Waals surface area (Å²) in [5, 5.41) is 27.5. The number of hydrogen-bond acceptors (Lipinski definition) is 5. The van der Waals surface area contributed by atoms with Gasteiger partial charge in [-0.25, -0.2) is 0 Å². The monoisotopic (exact) mass is 233 g/mol. The standard InChI is InChI=1S/C10H19NO5/c11-7(9(12)13)4-2-1-3-5-10(14,15)8-6-16-8/h7-8,14-15H,1-6,11H2,(H,12,13)/t7-,8-/m0/s1. The number of carboxylic acid groups (broad SMARTS) is 1. The van der Waals surface area contributed by atoms with Gasteiger partial charge in [0, 0.05) is 6.42 Å². The van der Waals surface area contributed by atoms with Crippen LogP contribution >= 0.6 is 0 Å². The fraction of sp³-hybridized carbons (Fsp3) is 0.900. The zero-order valence-corrected chi connectivity index (χ0v) is 9.13. The molecule has 1 rings (SSSR count). The summed E-state index contributed by atoms with van der Waals surface area (Å²) in [7, 11) is 0. The third-order valence-electron chi connectivity index (χ3n) is 2.73. The Labute approximate surface area is 94.0 Å². The fourth-order valence-corrected chi connectivity index (χ4v) is 1.53. The van der Waals surface area contributed by atoms with Crippen molar-refractivity contribution < 1.29 is 24.9 Å². The van der Waals surface area contributed by atoms with Gasteiger partial charge in [0.15, 0.2) is 5.79 Å². The largest absolute Gasteiger partial charge is 0.480 e. The Bertz CT molecular complexity index is 239. The molecule has 2 atom stereocenters. The van der Waals surface area contributed by atoms with Gasteiger partial charge >= 0.3 is 5.97 Å². The summed E-state index contributed by atoms with van der Waals surface area (Å²) in [5.41, 5.74) is 5.32. The minimum atomic E-state index is -1.73. The smallest absolute Gasteiger partial charge is 0.320 e. The first kappa shape index (κ1) is 13.4. The zero-order valence-electron chi connectivity index (χ0n) is 9.13. The number of ether oxygens (including phenoxy) is 1. The molecule has 1 fully saturated rings. The van der Waals surface area contributed by atoms with Gasteiger partial charge in [0.25, 0.3) is 0 Å². The van der Waals surface area contributed by atoms with Crippen LogP contribution < -0.4 is 5.73 Å². The summed E-state index contributed by atoms with van der Waals surface area (Å²) < 4.78 is 4.80. The Morgan fingerprint density at radius 1 is 1.44 bits per heavy atom. The van der Waals surface area contributed by atoms with Crippen LogP contribution in [0.25, 0.3) is 0 Å². The molecule has 16 heavy (non-hydrogen) atoms. The molecule has 0 bridgehead atoms. The summed E-state index contributed by atoms with van der Waals surface area (Å²) in [6.07, 6.45) is 2.25. The van der Waals surface area contributed by atoms with E-state index in [1.807, 2.05) is 0 Å². The van der Waals surface area contributed by atoms with Crippen molar-refractivity contribution >= 4 is 5.97 Å². The highest BCUT2D eigenvalue weighted by Crippen LogP contribution is 2.27. The van der Waals surface area contributed by atoms with E-state index in [0.29, 0.717) is 25.9 Å². The van der Waals surface area contributed by atoms with Crippen LogP contribution in [0.3, 0.4) is 0 Å². The van der Waals surface area contributed by atoms with Gasteiger partial charge in [0.2, 0.25) is 0 Å². The van der Waals surface area contributed by atoms with E-state index in [2.05, 4.69) is 0 Å². The van der Waals surface area contributed by atoms with Crippen LogP contribution in [0.4, 0.5) is 0 Å². The molecule has 1 heterocycles. The molecule has 0 aromatic carbocycles. The van der Waals surface area contributed by atoms with E-state index in [4.69, 9.17) is 15.6 Å². The number of carboxylic acids is 1. The number of unbranched alkanes of at least 4 members (excludes halogenated alkanes) is 2. The summed E-state index contributed by atoms with van der Waals surface area (Å²) in [6.45, 7) is 0.400. The van der Waals surface area contributed by atoms with Gasteiger partial charge in [-0.05, 0) is 12.8 Å². The number of aliphatic hydroxyl groups is 2. The van der Waals surface area contributed by atoms with Gasteiger partial charge in [-0.2, -0.15) is 0 Å². The van der Waals surface area contributed by atoms with Crippen molar-refractivity contribution in [2.24, 2.45) is 5.73 Å². The van der Waals surface area contributed by atoms with Crippen molar-refractivity contribution in [2.75, 3.05) is 6.61 Å². The Kier molecular flexibility index (Phi) is 4.67. The maximum absolute atomic E-state index is 10.4. The lowest BCUT2D eigenvalue weighted by atomic mass is 10.0. The van der Waals surface area contributed by atoms with Crippen LogP contribution in [0, 0.1) is 0 Å².